The number of hydrogen-bond acceptors (Lipinski definition) is 5. The third-order valence-electron chi connectivity index (χ3n) is 1.61. The zero-order valence-electron chi connectivity index (χ0n) is 7.22. The van der Waals surface area contributed by atoms with Gasteiger partial charge in [0, 0.05) is 12.3 Å². The van der Waals surface area contributed by atoms with Crippen LogP contribution in [-0.4, -0.2) is 26.3 Å². The van der Waals surface area contributed by atoms with Crippen LogP contribution in [0, 0.1) is 0 Å². The van der Waals surface area contributed by atoms with Gasteiger partial charge >= 0.3 is 0 Å². The SMILES string of the molecule is ClCCc1nnc(-c2ccnnc2)o1. The van der Waals surface area contributed by atoms with Crippen molar-refractivity contribution >= 4 is 11.6 Å². The van der Waals surface area contributed by atoms with E-state index in [2.05, 4.69) is 20.4 Å². The topological polar surface area (TPSA) is 64.7 Å². The minimum atomic E-state index is 0.444. The molecule has 2 heterocycles. The molecule has 0 aliphatic heterocycles. The van der Waals surface area contributed by atoms with Gasteiger partial charge in [-0.2, -0.15) is 10.2 Å². The quantitative estimate of drug-likeness (QED) is 0.715. The van der Waals surface area contributed by atoms with E-state index < -0.39 is 0 Å². The van der Waals surface area contributed by atoms with Gasteiger partial charge in [0.1, 0.15) is 0 Å². The number of halogens is 1. The summed E-state index contributed by atoms with van der Waals surface area (Å²) in [4.78, 5) is 0. The monoisotopic (exact) mass is 210 g/mol. The van der Waals surface area contributed by atoms with Crippen LogP contribution in [0.3, 0.4) is 0 Å². The normalized spacial score (nSPS) is 10.4. The molecule has 2 aromatic heterocycles. The molecule has 6 heteroatoms. The Labute approximate surface area is 85.1 Å². The van der Waals surface area contributed by atoms with Crippen LogP contribution in [-0.2, 0) is 6.42 Å². The molecule has 0 spiro atoms. The maximum Gasteiger partial charge on any atom is 0.249 e. The average Bonchev–Trinajstić information content (AvgIpc) is 2.68. The van der Waals surface area contributed by atoms with E-state index in [1.165, 1.54) is 0 Å². The number of alkyl halides is 1. The second-order valence-corrected chi connectivity index (χ2v) is 2.95. The number of aryl methyl sites for hydroxylation is 1. The van der Waals surface area contributed by atoms with Crippen molar-refractivity contribution in [3.63, 3.8) is 0 Å². The van der Waals surface area contributed by atoms with Crippen molar-refractivity contribution in [3.05, 3.63) is 24.4 Å². The van der Waals surface area contributed by atoms with Crippen molar-refractivity contribution in [2.24, 2.45) is 0 Å². The number of aromatic nitrogens is 4. The van der Waals surface area contributed by atoms with Crippen molar-refractivity contribution in [1.29, 1.82) is 0 Å². The molecule has 2 aromatic rings. The lowest BCUT2D eigenvalue weighted by Gasteiger charge is -1.90. The maximum absolute atomic E-state index is 5.54. The fraction of sp³-hybridized carbons (Fsp3) is 0.250. The Morgan fingerprint density at radius 2 is 2.21 bits per heavy atom. The van der Waals surface area contributed by atoms with Crippen LogP contribution in [0.4, 0.5) is 0 Å². The molecule has 14 heavy (non-hydrogen) atoms. The molecular weight excluding hydrogens is 204 g/mol. The van der Waals surface area contributed by atoms with E-state index in [1.807, 2.05) is 0 Å². The highest BCUT2D eigenvalue weighted by molar-refractivity contribution is 6.17. The second-order valence-electron chi connectivity index (χ2n) is 2.57. The third-order valence-corrected chi connectivity index (χ3v) is 1.80. The van der Waals surface area contributed by atoms with Crippen LogP contribution in [0.2, 0.25) is 0 Å². The third kappa shape index (κ3) is 1.88. The van der Waals surface area contributed by atoms with E-state index >= 15 is 0 Å². The molecule has 0 aliphatic carbocycles. The molecule has 0 bridgehead atoms. The van der Waals surface area contributed by atoms with E-state index in [4.69, 9.17) is 16.0 Å². The van der Waals surface area contributed by atoms with E-state index in [9.17, 15) is 0 Å². The van der Waals surface area contributed by atoms with E-state index in [0.717, 1.165) is 5.56 Å². The van der Waals surface area contributed by atoms with Crippen molar-refractivity contribution in [1.82, 2.24) is 20.4 Å². The first-order valence-electron chi connectivity index (χ1n) is 4.05. The molecule has 0 unspecified atom stereocenters. The molecular formula is C8H7ClN4O. The molecule has 0 aliphatic rings. The van der Waals surface area contributed by atoms with Crippen LogP contribution in [0.15, 0.2) is 22.9 Å². The van der Waals surface area contributed by atoms with Gasteiger partial charge in [-0.1, -0.05) is 0 Å². The zero-order chi connectivity index (χ0) is 9.80. The van der Waals surface area contributed by atoms with E-state index in [-0.39, 0.29) is 0 Å². The first-order valence-corrected chi connectivity index (χ1v) is 4.59. The Kier molecular flexibility index (Phi) is 2.69. The molecule has 0 fully saturated rings. The van der Waals surface area contributed by atoms with Crippen LogP contribution < -0.4 is 0 Å². The molecule has 2 rings (SSSR count). The van der Waals surface area contributed by atoms with Gasteiger partial charge in [-0.05, 0) is 6.07 Å². The average molecular weight is 211 g/mol. The molecule has 0 N–H and O–H groups in total. The number of rotatable bonds is 3. The Bertz CT molecular complexity index is 403. The highest BCUT2D eigenvalue weighted by atomic mass is 35.5. The highest BCUT2D eigenvalue weighted by Gasteiger charge is 2.07. The lowest BCUT2D eigenvalue weighted by Crippen LogP contribution is -1.84. The Balaban J connectivity index is 2.25. The summed E-state index contributed by atoms with van der Waals surface area (Å²) in [6, 6.07) is 1.75. The van der Waals surface area contributed by atoms with Gasteiger partial charge in [0.05, 0.1) is 18.0 Å². The molecule has 0 atom stereocenters. The summed E-state index contributed by atoms with van der Waals surface area (Å²) < 4.78 is 5.34. The Hall–Kier alpha value is -1.49. The summed E-state index contributed by atoms with van der Waals surface area (Å²) in [5.41, 5.74) is 0.758. The predicted octanol–water partition coefficient (Wildman–Crippen LogP) is 1.31. The summed E-state index contributed by atoms with van der Waals surface area (Å²) in [5, 5.41) is 15.1. The van der Waals surface area contributed by atoms with Crippen LogP contribution in [0.25, 0.3) is 11.5 Å². The Morgan fingerprint density at radius 3 is 2.93 bits per heavy atom. The first-order chi connectivity index (χ1) is 6.90. The van der Waals surface area contributed by atoms with Gasteiger partial charge in [0.15, 0.2) is 0 Å². The summed E-state index contributed by atoms with van der Waals surface area (Å²) in [6.07, 6.45) is 3.71. The number of hydrogen-bond donors (Lipinski definition) is 0. The van der Waals surface area contributed by atoms with E-state index in [1.54, 1.807) is 18.5 Å². The second kappa shape index (κ2) is 4.15. The molecule has 0 saturated carbocycles. The van der Waals surface area contributed by atoms with Gasteiger partial charge in [-0.25, -0.2) is 0 Å². The molecule has 0 saturated heterocycles. The number of nitrogens with zero attached hydrogens (tertiary/aromatic N) is 4. The van der Waals surface area contributed by atoms with Gasteiger partial charge in [-0.15, -0.1) is 21.8 Å². The smallest absolute Gasteiger partial charge is 0.249 e. The summed E-state index contributed by atoms with van der Waals surface area (Å²) in [7, 11) is 0. The van der Waals surface area contributed by atoms with Crippen LogP contribution in [0.5, 0.6) is 0 Å². The highest BCUT2D eigenvalue weighted by Crippen LogP contribution is 2.15. The molecule has 0 radical (unpaired) electrons. The fourth-order valence-electron chi connectivity index (χ4n) is 0.969. The van der Waals surface area contributed by atoms with Crippen molar-refractivity contribution < 1.29 is 4.42 Å². The minimum absolute atomic E-state index is 0.444. The standard InChI is InChI=1S/C8H7ClN4O/c9-3-1-7-12-13-8(14-7)6-2-4-10-11-5-6/h2,4-5H,1,3H2. The van der Waals surface area contributed by atoms with Gasteiger partial charge in [0.2, 0.25) is 11.8 Å². The van der Waals surface area contributed by atoms with Gasteiger partial charge in [-0.3, -0.25) is 0 Å². The van der Waals surface area contributed by atoms with Crippen LogP contribution >= 0.6 is 11.6 Å². The lowest BCUT2D eigenvalue weighted by molar-refractivity contribution is 0.513. The molecule has 5 nitrogen and oxygen atoms in total. The van der Waals surface area contributed by atoms with Gasteiger partial charge < -0.3 is 4.42 Å². The summed E-state index contributed by atoms with van der Waals surface area (Å²) in [6.45, 7) is 0. The maximum atomic E-state index is 5.54. The van der Waals surface area contributed by atoms with Gasteiger partial charge in [0.25, 0.3) is 0 Å². The summed E-state index contributed by atoms with van der Waals surface area (Å²) >= 11 is 5.54. The largest absolute Gasteiger partial charge is 0.421 e. The van der Waals surface area contributed by atoms with Crippen LogP contribution in [0.1, 0.15) is 5.89 Å². The zero-order valence-corrected chi connectivity index (χ0v) is 7.98. The lowest BCUT2D eigenvalue weighted by atomic mass is 10.3. The fourth-order valence-corrected chi connectivity index (χ4v) is 1.13. The molecule has 72 valence electrons. The Morgan fingerprint density at radius 1 is 1.29 bits per heavy atom. The first kappa shape index (κ1) is 9.08. The molecule has 0 aromatic carbocycles. The molecule has 0 amide bonds. The summed E-state index contributed by atoms with van der Waals surface area (Å²) in [5.74, 6) is 1.45. The van der Waals surface area contributed by atoms with Crippen molar-refractivity contribution in [3.8, 4) is 11.5 Å². The predicted molar refractivity (Wildman–Crippen MR) is 49.7 cm³/mol. The minimum Gasteiger partial charge on any atom is -0.421 e. The van der Waals surface area contributed by atoms with Crippen molar-refractivity contribution in [2.75, 3.05) is 5.88 Å². The van der Waals surface area contributed by atoms with E-state index in [0.29, 0.717) is 24.1 Å². The van der Waals surface area contributed by atoms with Crippen molar-refractivity contribution in [2.45, 2.75) is 6.42 Å².